The molecule has 0 saturated heterocycles. The van der Waals surface area contributed by atoms with Crippen LogP contribution in [0.15, 0.2) is 53.0 Å². The zero-order valence-electron chi connectivity index (χ0n) is 16.8. The van der Waals surface area contributed by atoms with Crippen molar-refractivity contribution in [3.8, 4) is 5.75 Å². The highest BCUT2D eigenvalue weighted by Gasteiger charge is 2.18. The van der Waals surface area contributed by atoms with Gasteiger partial charge in [0.05, 0.1) is 5.52 Å². The van der Waals surface area contributed by atoms with Gasteiger partial charge in [0, 0.05) is 22.1 Å². The molecule has 28 heavy (non-hydrogen) atoms. The molecule has 3 aromatic rings. The van der Waals surface area contributed by atoms with E-state index in [1.165, 1.54) is 11.3 Å². The van der Waals surface area contributed by atoms with E-state index in [1.54, 1.807) is 0 Å². The van der Waals surface area contributed by atoms with E-state index in [9.17, 15) is 4.79 Å². The monoisotopic (exact) mass is 443 g/mol. The molecule has 0 saturated carbocycles. The summed E-state index contributed by atoms with van der Waals surface area (Å²) in [7, 11) is 0. The number of esters is 1. The van der Waals surface area contributed by atoms with Crippen molar-refractivity contribution in [3.63, 3.8) is 0 Å². The molecule has 0 aliphatic rings. The standard InChI is InChI=1S/C23H26BrNO3/c1-5-17-13-18-20(25(17)14-16-9-6-7-10-19(16)24)11-8-12-21(18)27-15-22(26)28-23(2,3)4/h6-13H,5,14-15H2,1-4H3. The summed E-state index contributed by atoms with van der Waals surface area (Å²) in [5.74, 6) is 0.330. The number of nitrogens with zero attached hydrogens (tertiary/aromatic N) is 1. The van der Waals surface area contributed by atoms with Gasteiger partial charge in [-0.1, -0.05) is 47.1 Å². The fourth-order valence-electron chi connectivity index (χ4n) is 3.22. The van der Waals surface area contributed by atoms with Crippen LogP contribution in [-0.4, -0.2) is 22.7 Å². The second kappa shape index (κ2) is 8.39. The van der Waals surface area contributed by atoms with Gasteiger partial charge in [-0.25, -0.2) is 4.79 Å². The molecule has 148 valence electrons. The Morgan fingerprint density at radius 1 is 1.11 bits per heavy atom. The van der Waals surface area contributed by atoms with Crippen LogP contribution in [0.25, 0.3) is 10.9 Å². The second-order valence-corrected chi connectivity index (χ2v) is 8.59. The topological polar surface area (TPSA) is 40.5 Å². The van der Waals surface area contributed by atoms with Gasteiger partial charge in [0.15, 0.2) is 6.61 Å². The lowest BCUT2D eigenvalue weighted by Crippen LogP contribution is -2.27. The third-order valence-corrected chi connectivity index (χ3v) is 5.18. The second-order valence-electron chi connectivity index (χ2n) is 7.73. The number of fused-ring (bicyclic) bond motifs is 1. The molecular formula is C23H26BrNO3. The van der Waals surface area contributed by atoms with Crippen molar-refractivity contribution in [2.24, 2.45) is 0 Å². The van der Waals surface area contributed by atoms with Gasteiger partial charge in [-0.2, -0.15) is 0 Å². The van der Waals surface area contributed by atoms with Gasteiger partial charge < -0.3 is 14.0 Å². The quantitative estimate of drug-likeness (QED) is 0.456. The predicted octanol–water partition coefficient (Wildman–Crippen LogP) is 5.74. The van der Waals surface area contributed by atoms with E-state index in [2.05, 4.69) is 51.7 Å². The number of rotatable bonds is 6. The number of hydrogen-bond donors (Lipinski definition) is 0. The number of aromatic nitrogens is 1. The molecule has 0 atom stereocenters. The molecule has 1 heterocycles. The van der Waals surface area contributed by atoms with E-state index in [-0.39, 0.29) is 12.6 Å². The molecule has 0 unspecified atom stereocenters. The number of carbonyl (C=O) groups is 1. The Morgan fingerprint density at radius 2 is 1.86 bits per heavy atom. The summed E-state index contributed by atoms with van der Waals surface area (Å²) in [4.78, 5) is 12.0. The summed E-state index contributed by atoms with van der Waals surface area (Å²) in [5.41, 5.74) is 3.01. The van der Waals surface area contributed by atoms with E-state index < -0.39 is 5.60 Å². The van der Waals surface area contributed by atoms with Gasteiger partial charge in [0.1, 0.15) is 11.4 Å². The molecule has 1 aromatic heterocycles. The number of ether oxygens (including phenoxy) is 2. The van der Waals surface area contributed by atoms with Gasteiger partial charge in [0.2, 0.25) is 0 Å². The first-order valence-corrected chi connectivity index (χ1v) is 10.3. The van der Waals surface area contributed by atoms with Crippen LogP contribution in [0, 0.1) is 0 Å². The minimum atomic E-state index is -0.520. The van der Waals surface area contributed by atoms with Crippen molar-refractivity contribution in [1.82, 2.24) is 4.57 Å². The van der Waals surface area contributed by atoms with Crippen molar-refractivity contribution >= 4 is 32.8 Å². The molecule has 0 aliphatic heterocycles. The molecule has 0 radical (unpaired) electrons. The van der Waals surface area contributed by atoms with Gasteiger partial charge in [-0.05, 0) is 57.0 Å². The first-order valence-electron chi connectivity index (χ1n) is 9.47. The Kier molecular flexibility index (Phi) is 6.14. The maximum absolute atomic E-state index is 12.0. The summed E-state index contributed by atoms with van der Waals surface area (Å²) >= 11 is 3.64. The Morgan fingerprint density at radius 3 is 2.54 bits per heavy atom. The molecule has 3 rings (SSSR count). The van der Waals surface area contributed by atoms with Crippen molar-refractivity contribution in [2.45, 2.75) is 46.3 Å². The highest BCUT2D eigenvalue weighted by molar-refractivity contribution is 9.10. The largest absolute Gasteiger partial charge is 0.481 e. The predicted molar refractivity (Wildman–Crippen MR) is 116 cm³/mol. The third kappa shape index (κ3) is 4.76. The zero-order chi connectivity index (χ0) is 20.3. The number of aryl methyl sites for hydroxylation is 1. The molecule has 2 aromatic carbocycles. The number of halogens is 1. The SMILES string of the molecule is CCc1cc2c(OCC(=O)OC(C)(C)C)cccc2n1Cc1ccccc1Br. The van der Waals surface area contributed by atoms with Crippen LogP contribution in [0.4, 0.5) is 0 Å². The Hall–Kier alpha value is -2.27. The number of carbonyl (C=O) groups excluding carboxylic acids is 1. The fourth-order valence-corrected chi connectivity index (χ4v) is 3.63. The summed E-state index contributed by atoms with van der Waals surface area (Å²) in [6, 6.07) is 16.3. The molecular weight excluding hydrogens is 418 g/mol. The van der Waals surface area contributed by atoms with Gasteiger partial charge >= 0.3 is 5.97 Å². The molecule has 0 N–H and O–H groups in total. The zero-order valence-corrected chi connectivity index (χ0v) is 18.4. The molecule has 5 heteroatoms. The first kappa shape index (κ1) is 20.5. The first-order chi connectivity index (χ1) is 13.3. The summed E-state index contributed by atoms with van der Waals surface area (Å²) in [6.45, 7) is 8.35. The van der Waals surface area contributed by atoms with Crippen LogP contribution >= 0.6 is 15.9 Å². The van der Waals surface area contributed by atoms with Gasteiger partial charge in [-0.15, -0.1) is 0 Å². The Bertz CT molecular complexity index is 985. The Labute approximate surface area is 174 Å². The maximum Gasteiger partial charge on any atom is 0.344 e. The minimum absolute atomic E-state index is 0.104. The van der Waals surface area contributed by atoms with Crippen LogP contribution in [-0.2, 0) is 22.5 Å². The molecule has 0 fully saturated rings. The van der Waals surface area contributed by atoms with Gasteiger partial charge in [0.25, 0.3) is 0 Å². The maximum atomic E-state index is 12.0. The van der Waals surface area contributed by atoms with E-state index in [0.29, 0.717) is 5.75 Å². The minimum Gasteiger partial charge on any atom is -0.481 e. The summed E-state index contributed by atoms with van der Waals surface area (Å²) in [6.07, 6.45) is 0.907. The fraction of sp³-hybridized carbons (Fsp3) is 0.348. The van der Waals surface area contributed by atoms with Crippen molar-refractivity contribution in [1.29, 1.82) is 0 Å². The van der Waals surface area contributed by atoms with E-state index >= 15 is 0 Å². The van der Waals surface area contributed by atoms with E-state index in [1.807, 2.05) is 45.0 Å². The molecule has 0 bridgehead atoms. The van der Waals surface area contributed by atoms with E-state index in [0.717, 1.165) is 28.3 Å². The average molecular weight is 444 g/mol. The van der Waals surface area contributed by atoms with Crippen molar-refractivity contribution in [2.75, 3.05) is 6.61 Å². The van der Waals surface area contributed by atoms with Crippen LogP contribution in [0.5, 0.6) is 5.75 Å². The van der Waals surface area contributed by atoms with Crippen LogP contribution in [0.3, 0.4) is 0 Å². The van der Waals surface area contributed by atoms with E-state index in [4.69, 9.17) is 9.47 Å². The molecule has 4 nitrogen and oxygen atoms in total. The van der Waals surface area contributed by atoms with Gasteiger partial charge in [-0.3, -0.25) is 0 Å². The smallest absolute Gasteiger partial charge is 0.344 e. The normalized spacial score (nSPS) is 11.6. The number of benzene rings is 2. The Balaban J connectivity index is 1.90. The summed E-state index contributed by atoms with van der Waals surface area (Å²) in [5, 5.41) is 1.01. The van der Waals surface area contributed by atoms with Crippen LogP contribution in [0.2, 0.25) is 0 Å². The molecule has 0 aliphatic carbocycles. The van der Waals surface area contributed by atoms with Crippen molar-refractivity contribution < 1.29 is 14.3 Å². The highest BCUT2D eigenvalue weighted by atomic mass is 79.9. The lowest BCUT2D eigenvalue weighted by atomic mass is 10.2. The average Bonchev–Trinajstić information content (AvgIpc) is 2.99. The lowest BCUT2D eigenvalue weighted by molar-refractivity contribution is -0.157. The molecule has 0 amide bonds. The highest BCUT2D eigenvalue weighted by Crippen LogP contribution is 2.31. The lowest BCUT2D eigenvalue weighted by Gasteiger charge is -2.19. The number of hydrogen-bond acceptors (Lipinski definition) is 3. The van der Waals surface area contributed by atoms with Crippen molar-refractivity contribution in [3.05, 3.63) is 64.3 Å². The summed E-state index contributed by atoms with van der Waals surface area (Å²) < 4.78 is 14.6. The van der Waals surface area contributed by atoms with Crippen LogP contribution < -0.4 is 4.74 Å². The van der Waals surface area contributed by atoms with Crippen LogP contribution in [0.1, 0.15) is 39.0 Å². The third-order valence-electron chi connectivity index (χ3n) is 4.41. The molecule has 0 spiro atoms.